The zero-order valence-electron chi connectivity index (χ0n) is 15.5. The second-order valence-corrected chi connectivity index (χ2v) is 6.70. The quantitative estimate of drug-likeness (QED) is 0.721. The van der Waals surface area contributed by atoms with Gasteiger partial charge in [-0.05, 0) is 31.0 Å². The van der Waals surface area contributed by atoms with Crippen LogP contribution in [0.4, 0.5) is 0 Å². The summed E-state index contributed by atoms with van der Waals surface area (Å²) in [6.07, 6.45) is 1.26. The van der Waals surface area contributed by atoms with E-state index in [9.17, 15) is 4.79 Å². The summed E-state index contributed by atoms with van der Waals surface area (Å²) in [6, 6.07) is 8.72. The van der Waals surface area contributed by atoms with E-state index in [2.05, 4.69) is 27.2 Å². The highest BCUT2D eigenvalue weighted by molar-refractivity contribution is 5.85. The molecule has 26 heavy (non-hydrogen) atoms. The maximum absolute atomic E-state index is 11.3. The Kier molecular flexibility index (Phi) is 8.65. The second kappa shape index (κ2) is 10.7. The summed E-state index contributed by atoms with van der Waals surface area (Å²) in [6.45, 7) is 10.00. The molecule has 1 aromatic rings. The van der Waals surface area contributed by atoms with Gasteiger partial charge in [0.15, 0.2) is 6.61 Å². The fourth-order valence-corrected chi connectivity index (χ4v) is 3.60. The molecular weight excluding hydrogens is 354 g/mol. The van der Waals surface area contributed by atoms with E-state index in [0.29, 0.717) is 18.4 Å². The smallest absolute Gasteiger partial charge is 0.344 e. The lowest BCUT2D eigenvalue weighted by molar-refractivity contribution is -0.145. The van der Waals surface area contributed by atoms with Crippen molar-refractivity contribution < 1.29 is 14.3 Å². The molecular formula is C19H30ClN3O3. The first kappa shape index (κ1) is 21.0. The Bertz CT molecular complexity index is 549. The van der Waals surface area contributed by atoms with Crippen LogP contribution in [0, 0.1) is 0 Å². The molecule has 0 bridgehead atoms. The molecule has 146 valence electrons. The third-order valence-corrected chi connectivity index (χ3v) is 4.91. The minimum absolute atomic E-state index is 0. The molecule has 7 heteroatoms. The molecule has 0 amide bonds. The number of hydrogen-bond donors (Lipinski definition) is 1. The van der Waals surface area contributed by atoms with Crippen molar-refractivity contribution in [2.75, 3.05) is 52.5 Å². The Labute approximate surface area is 162 Å². The molecule has 1 N–H and O–H groups in total. The van der Waals surface area contributed by atoms with E-state index >= 15 is 0 Å². The summed E-state index contributed by atoms with van der Waals surface area (Å²) < 4.78 is 10.3. The lowest BCUT2D eigenvalue weighted by atomic mass is 10.2. The first-order valence-electron chi connectivity index (χ1n) is 9.29. The third-order valence-electron chi connectivity index (χ3n) is 4.91. The van der Waals surface area contributed by atoms with Crippen molar-refractivity contribution in [1.82, 2.24) is 15.1 Å². The number of nitrogens with one attached hydrogen (secondary N) is 1. The molecule has 1 unspecified atom stereocenters. The molecule has 3 rings (SSSR count). The number of carbonyl (C=O) groups is 1. The Balaban J connectivity index is 0.00000243. The van der Waals surface area contributed by atoms with E-state index in [0.717, 1.165) is 32.7 Å². The third kappa shape index (κ3) is 6.13. The Morgan fingerprint density at radius 2 is 1.92 bits per heavy atom. The number of hydrogen-bond acceptors (Lipinski definition) is 6. The normalized spacial score (nSPS) is 21.2. The van der Waals surface area contributed by atoms with Crippen molar-refractivity contribution in [2.24, 2.45) is 0 Å². The van der Waals surface area contributed by atoms with E-state index < -0.39 is 0 Å². The molecule has 1 aromatic carbocycles. The standard InChI is InChI=1S/C19H29N3O3.ClH/c1-2-24-19(23)15-25-18-5-3-16(4-6-18)13-21-10-7-17(14-21)22-11-8-20-9-12-22;/h3-6,17,20H,2,7-15H2,1H3;1H. The van der Waals surface area contributed by atoms with Crippen molar-refractivity contribution in [2.45, 2.75) is 25.9 Å². The van der Waals surface area contributed by atoms with Crippen LogP contribution in [-0.2, 0) is 16.1 Å². The molecule has 0 saturated carbocycles. The van der Waals surface area contributed by atoms with Gasteiger partial charge in [0.2, 0.25) is 0 Å². The van der Waals surface area contributed by atoms with E-state index in [1.165, 1.54) is 25.1 Å². The van der Waals surface area contributed by atoms with Crippen LogP contribution in [0.1, 0.15) is 18.9 Å². The molecule has 2 heterocycles. The highest BCUT2D eigenvalue weighted by atomic mass is 35.5. The molecule has 0 radical (unpaired) electrons. The van der Waals surface area contributed by atoms with E-state index in [1.54, 1.807) is 6.92 Å². The molecule has 0 aliphatic carbocycles. The van der Waals surface area contributed by atoms with Crippen LogP contribution in [0.3, 0.4) is 0 Å². The highest BCUT2D eigenvalue weighted by Crippen LogP contribution is 2.20. The molecule has 1 atom stereocenters. The number of piperazine rings is 1. The summed E-state index contributed by atoms with van der Waals surface area (Å²) >= 11 is 0. The lowest BCUT2D eigenvalue weighted by Crippen LogP contribution is -2.49. The molecule has 2 saturated heterocycles. The van der Waals surface area contributed by atoms with Crippen molar-refractivity contribution in [3.05, 3.63) is 29.8 Å². The zero-order chi connectivity index (χ0) is 17.5. The maximum atomic E-state index is 11.3. The van der Waals surface area contributed by atoms with Gasteiger partial charge in [0.25, 0.3) is 0 Å². The van der Waals surface area contributed by atoms with Gasteiger partial charge in [-0.25, -0.2) is 4.79 Å². The second-order valence-electron chi connectivity index (χ2n) is 6.70. The van der Waals surface area contributed by atoms with Gasteiger partial charge in [-0.1, -0.05) is 12.1 Å². The highest BCUT2D eigenvalue weighted by Gasteiger charge is 2.28. The van der Waals surface area contributed by atoms with E-state index in [1.807, 2.05) is 12.1 Å². The summed E-state index contributed by atoms with van der Waals surface area (Å²) in [5, 5.41) is 3.42. The van der Waals surface area contributed by atoms with Crippen LogP contribution in [0.5, 0.6) is 5.75 Å². The number of nitrogens with zero attached hydrogens (tertiary/aromatic N) is 2. The average Bonchev–Trinajstić information content (AvgIpc) is 3.11. The fourth-order valence-electron chi connectivity index (χ4n) is 3.60. The minimum Gasteiger partial charge on any atom is -0.482 e. The van der Waals surface area contributed by atoms with Gasteiger partial charge >= 0.3 is 5.97 Å². The topological polar surface area (TPSA) is 54.0 Å². The van der Waals surface area contributed by atoms with Crippen molar-refractivity contribution in [1.29, 1.82) is 0 Å². The Morgan fingerprint density at radius 3 is 2.62 bits per heavy atom. The molecule has 2 fully saturated rings. The van der Waals surface area contributed by atoms with E-state index in [-0.39, 0.29) is 25.0 Å². The van der Waals surface area contributed by atoms with Gasteiger partial charge in [-0.2, -0.15) is 0 Å². The van der Waals surface area contributed by atoms with E-state index in [4.69, 9.17) is 9.47 Å². The number of likely N-dealkylation sites (tertiary alicyclic amines) is 1. The van der Waals surface area contributed by atoms with Crippen LogP contribution < -0.4 is 10.1 Å². The van der Waals surface area contributed by atoms with Crippen LogP contribution >= 0.6 is 12.4 Å². The monoisotopic (exact) mass is 383 g/mol. The zero-order valence-corrected chi connectivity index (χ0v) is 16.3. The van der Waals surface area contributed by atoms with Crippen LogP contribution in [0.15, 0.2) is 24.3 Å². The molecule has 0 aromatic heterocycles. The Hall–Kier alpha value is -1.34. The predicted octanol–water partition coefficient (Wildman–Crippen LogP) is 1.53. The number of rotatable bonds is 7. The molecule has 2 aliphatic rings. The van der Waals surface area contributed by atoms with Gasteiger partial charge in [-0.15, -0.1) is 12.4 Å². The molecule has 6 nitrogen and oxygen atoms in total. The van der Waals surface area contributed by atoms with Gasteiger partial charge in [-0.3, -0.25) is 9.80 Å². The van der Waals surface area contributed by atoms with Gasteiger partial charge < -0.3 is 14.8 Å². The number of ether oxygens (including phenoxy) is 2. The fraction of sp³-hybridized carbons (Fsp3) is 0.632. The van der Waals surface area contributed by atoms with Crippen LogP contribution in [0.2, 0.25) is 0 Å². The lowest BCUT2D eigenvalue weighted by Gasteiger charge is -2.32. The van der Waals surface area contributed by atoms with Crippen molar-refractivity contribution in [3.8, 4) is 5.75 Å². The van der Waals surface area contributed by atoms with Gasteiger partial charge in [0, 0.05) is 51.9 Å². The van der Waals surface area contributed by atoms with Crippen LogP contribution in [-0.4, -0.2) is 74.3 Å². The maximum Gasteiger partial charge on any atom is 0.344 e. The largest absolute Gasteiger partial charge is 0.482 e. The number of carbonyl (C=O) groups excluding carboxylic acids is 1. The van der Waals surface area contributed by atoms with Gasteiger partial charge in [0.05, 0.1) is 6.61 Å². The number of halogens is 1. The summed E-state index contributed by atoms with van der Waals surface area (Å²) in [5.74, 6) is 0.375. The molecule has 2 aliphatic heterocycles. The summed E-state index contributed by atoms with van der Waals surface area (Å²) in [4.78, 5) is 16.5. The first-order valence-corrected chi connectivity index (χ1v) is 9.29. The minimum atomic E-state index is -0.331. The first-order chi connectivity index (χ1) is 12.2. The predicted molar refractivity (Wildman–Crippen MR) is 104 cm³/mol. The van der Waals surface area contributed by atoms with Crippen molar-refractivity contribution in [3.63, 3.8) is 0 Å². The number of benzene rings is 1. The van der Waals surface area contributed by atoms with Crippen LogP contribution in [0.25, 0.3) is 0 Å². The summed E-state index contributed by atoms with van der Waals surface area (Å²) in [5.41, 5.74) is 1.28. The van der Waals surface area contributed by atoms with Crippen molar-refractivity contribution >= 4 is 18.4 Å². The summed E-state index contributed by atoms with van der Waals surface area (Å²) in [7, 11) is 0. The number of esters is 1. The SMILES string of the molecule is CCOC(=O)COc1ccc(CN2CCC(N3CCNCC3)C2)cc1.Cl. The molecule has 0 spiro atoms. The Morgan fingerprint density at radius 1 is 1.19 bits per heavy atom. The average molecular weight is 384 g/mol. The van der Waals surface area contributed by atoms with Gasteiger partial charge in [0.1, 0.15) is 5.75 Å².